The molecular formula is C20H22O7. The van der Waals surface area contributed by atoms with Crippen molar-refractivity contribution in [3.8, 4) is 11.5 Å². The summed E-state index contributed by atoms with van der Waals surface area (Å²) in [6.45, 7) is 2.51. The molecule has 0 heterocycles. The van der Waals surface area contributed by atoms with E-state index in [4.69, 9.17) is 24.1 Å². The van der Waals surface area contributed by atoms with Crippen molar-refractivity contribution >= 4 is 12.3 Å². The fourth-order valence-electron chi connectivity index (χ4n) is 2.10. The predicted molar refractivity (Wildman–Crippen MR) is 97.9 cm³/mol. The highest BCUT2D eigenvalue weighted by Gasteiger charge is 2.02. The Bertz CT molecular complexity index is 695. The third kappa shape index (κ3) is 7.89. The average molecular weight is 374 g/mol. The molecule has 0 spiro atoms. The lowest BCUT2D eigenvalue weighted by molar-refractivity contribution is 0.0273. The molecule has 2 rings (SSSR count). The summed E-state index contributed by atoms with van der Waals surface area (Å²) in [5, 5.41) is 8.81. The molecule has 0 atom stereocenters. The Morgan fingerprint density at radius 1 is 0.741 bits per heavy atom. The molecule has 1 N–H and O–H groups in total. The number of carbonyl (C=O) groups excluding carboxylic acids is 1. The summed E-state index contributed by atoms with van der Waals surface area (Å²) >= 11 is 0. The summed E-state index contributed by atoms with van der Waals surface area (Å²) in [6.07, 6.45) is 0.785. The van der Waals surface area contributed by atoms with E-state index in [1.54, 1.807) is 36.4 Å². The van der Waals surface area contributed by atoms with E-state index in [2.05, 4.69) is 0 Å². The molecule has 0 radical (unpaired) electrons. The summed E-state index contributed by atoms with van der Waals surface area (Å²) in [7, 11) is 0. The number of carboxylic acids is 1. The molecule has 144 valence electrons. The Balaban J connectivity index is 1.44. The van der Waals surface area contributed by atoms with Crippen LogP contribution in [0, 0.1) is 0 Å². The normalized spacial score (nSPS) is 10.4. The number of benzene rings is 2. The highest BCUT2D eigenvalue weighted by Crippen LogP contribution is 2.12. The highest BCUT2D eigenvalue weighted by atomic mass is 16.6. The largest absolute Gasteiger partial charge is 0.491 e. The van der Waals surface area contributed by atoms with Crippen molar-refractivity contribution < 1.29 is 33.6 Å². The lowest BCUT2D eigenvalue weighted by atomic mass is 10.2. The van der Waals surface area contributed by atoms with Gasteiger partial charge in [0.2, 0.25) is 0 Å². The van der Waals surface area contributed by atoms with Crippen LogP contribution in [0.4, 0.5) is 0 Å². The van der Waals surface area contributed by atoms with Crippen LogP contribution in [0.25, 0.3) is 0 Å². The first-order valence-corrected chi connectivity index (χ1v) is 8.49. The van der Waals surface area contributed by atoms with E-state index in [-0.39, 0.29) is 5.56 Å². The molecule has 0 amide bonds. The van der Waals surface area contributed by atoms with Gasteiger partial charge in [0.05, 0.1) is 32.0 Å². The molecule has 7 nitrogen and oxygen atoms in total. The predicted octanol–water partition coefficient (Wildman–Crippen LogP) is 2.69. The Morgan fingerprint density at radius 3 is 1.63 bits per heavy atom. The molecule has 0 fully saturated rings. The zero-order valence-electron chi connectivity index (χ0n) is 14.8. The summed E-state index contributed by atoms with van der Waals surface area (Å²) in [5.41, 5.74) is 0.828. The number of ether oxygens (including phenoxy) is 4. The van der Waals surface area contributed by atoms with Gasteiger partial charge in [0.1, 0.15) is 31.0 Å². The van der Waals surface area contributed by atoms with E-state index >= 15 is 0 Å². The summed E-state index contributed by atoms with van der Waals surface area (Å²) in [4.78, 5) is 21.3. The van der Waals surface area contributed by atoms with Gasteiger partial charge in [-0.3, -0.25) is 4.79 Å². The van der Waals surface area contributed by atoms with Gasteiger partial charge < -0.3 is 24.1 Å². The number of aldehydes is 1. The van der Waals surface area contributed by atoms with Crippen LogP contribution >= 0.6 is 0 Å². The Labute approximate surface area is 157 Å². The van der Waals surface area contributed by atoms with E-state index in [9.17, 15) is 9.59 Å². The third-order valence-corrected chi connectivity index (χ3v) is 3.48. The van der Waals surface area contributed by atoms with Crippen molar-refractivity contribution in [3.63, 3.8) is 0 Å². The Kier molecular flexibility index (Phi) is 8.82. The molecule has 0 saturated carbocycles. The van der Waals surface area contributed by atoms with Gasteiger partial charge in [0.25, 0.3) is 0 Å². The van der Waals surface area contributed by atoms with E-state index in [1.807, 2.05) is 0 Å². The second-order valence-electron chi connectivity index (χ2n) is 5.44. The van der Waals surface area contributed by atoms with Gasteiger partial charge in [-0.2, -0.15) is 0 Å². The standard InChI is InChI=1S/C20H22O7/c21-15-16-1-5-18(6-2-16)26-13-11-24-9-10-25-12-14-27-19-7-3-17(4-8-19)20(22)23/h1-8,15H,9-14H2,(H,22,23). The van der Waals surface area contributed by atoms with Gasteiger partial charge in [-0.1, -0.05) is 0 Å². The Morgan fingerprint density at radius 2 is 1.19 bits per heavy atom. The quantitative estimate of drug-likeness (QED) is 0.426. The van der Waals surface area contributed by atoms with E-state index in [0.29, 0.717) is 56.7 Å². The molecule has 0 saturated heterocycles. The lowest BCUT2D eigenvalue weighted by Gasteiger charge is -2.09. The van der Waals surface area contributed by atoms with Crippen LogP contribution < -0.4 is 9.47 Å². The van der Waals surface area contributed by atoms with Crippen LogP contribution in [0.5, 0.6) is 11.5 Å². The summed E-state index contributed by atoms with van der Waals surface area (Å²) in [6, 6.07) is 13.1. The lowest BCUT2D eigenvalue weighted by Crippen LogP contribution is -2.13. The van der Waals surface area contributed by atoms with Crippen molar-refractivity contribution in [1.82, 2.24) is 0 Å². The molecule has 2 aromatic carbocycles. The maximum Gasteiger partial charge on any atom is 0.335 e. The number of carbonyl (C=O) groups is 2. The zero-order chi connectivity index (χ0) is 19.3. The number of rotatable bonds is 13. The van der Waals surface area contributed by atoms with Crippen molar-refractivity contribution in [2.75, 3.05) is 39.6 Å². The SMILES string of the molecule is O=Cc1ccc(OCCOCCOCCOc2ccc(C(=O)O)cc2)cc1. The molecule has 2 aromatic rings. The molecular weight excluding hydrogens is 352 g/mol. The number of carboxylic acid groups (broad SMARTS) is 1. The molecule has 27 heavy (non-hydrogen) atoms. The van der Waals surface area contributed by atoms with E-state index in [1.165, 1.54) is 12.1 Å². The van der Waals surface area contributed by atoms with Crippen LogP contribution in [-0.4, -0.2) is 57.0 Å². The van der Waals surface area contributed by atoms with Crippen LogP contribution in [0.2, 0.25) is 0 Å². The van der Waals surface area contributed by atoms with Gasteiger partial charge in [-0.05, 0) is 48.5 Å². The van der Waals surface area contributed by atoms with Crippen molar-refractivity contribution in [3.05, 3.63) is 59.7 Å². The van der Waals surface area contributed by atoms with Crippen LogP contribution in [0.3, 0.4) is 0 Å². The van der Waals surface area contributed by atoms with Gasteiger partial charge in [-0.15, -0.1) is 0 Å². The molecule has 0 unspecified atom stereocenters. The van der Waals surface area contributed by atoms with Crippen LogP contribution in [0.15, 0.2) is 48.5 Å². The van der Waals surface area contributed by atoms with E-state index < -0.39 is 5.97 Å². The van der Waals surface area contributed by atoms with E-state index in [0.717, 1.165) is 6.29 Å². The Hall–Kier alpha value is -2.90. The minimum atomic E-state index is -0.967. The number of hydrogen-bond acceptors (Lipinski definition) is 6. The van der Waals surface area contributed by atoms with Crippen LogP contribution in [0.1, 0.15) is 20.7 Å². The van der Waals surface area contributed by atoms with Crippen LogP contribution in [-0.2, 0) is 9.47 Å². The number of hydrogen-bond donors (Lipinski definition) is 1. The molecule has 0 aliphatic carbocycles. The van der Waals surface area contributed by atoms with Gasteiger partial charge in [-0.25, -0.2) is 4.79 Å². The van der Waals surface area contributed by atoms with Gasteiger partial charge >= 0.3 is 5.97 Å². The highest BCUT2D eigenvalue weighted by molar-refractivity contribution is 5.87. The topological polar surface area (TPSA) is 91.3 Å². The van der Waals surface area contributed by atoms with Crippen molar-refractivity contribution in [1.29, 1.82) is 0 Å². The minimum absolute atomic E-state index is 0.220. The van der Waals surface area contributed by atoms with Gasteiger partial charge in [0, 0.05) is 5.56 Å². The third-order valence-electron chi connectivity index (χ3n) is 3.48. The van der Waals surface area contributed by atoms with Gasteiger partial charge in [0.15, 0.2) is 0 Å². The molecule has 0 bridgehead atoms. The second-order valence-corrected chi connectivity index (χ2v) is 5.44. The molecule has 0 aliphatic heterocycles. The fraction of sp³-hybridized carbons (Fsp3) is 0.300. The smallest absolute Gasteiger partial charge is 0.335 e. The maximum atomic E-state index is 10.7. The first-order valence-electron chi connectivity index (χ1n) is 8.49. The first kappa shape index (κ1) is 20.4. The summed E-state index contributed by atoms with van der Waals surface area (Å²) in [5.74, 6) is 0.318. The maximum absolute atomic E-state index is 10.7. The number of aromatic carboxylic acids is 1. The molecule has 0 aromatic heterocycles. The van der Waals surface area contributed by atoms with Crippen molar-refractivity contribution in [2.24, 2.45) is 0 Å². The second kappa shape index (κ2) is 11.7. The molecule has 7 heteroatoms. The summed E-state index contributed by atoms with van der Waals surface area (Å²) < 4.78 is 21.7. The fourth-order valence-corrected chi connectivity index (χ4v) is 2.10. The van der Waals surface area contributed by atoms with Crippen molar-refractivity contribution in [2.45, 2.75) is 0 Å². The average Bonchev–Trinajstić information content (AvgIpc) is 2.70. The zero-order valence-corrected chi connectivity index (χ0v) is 14.8. The minimum Gasteiger partial charge on any atom is -0.491 e. The monoisotopic (exact) mass is 374 g/mol. The molecule has 0 aliphatic rings. The first-order chi connectivity index (χ1) is 13.2.